The van der Waals surface area contributed by atoms with Crippen molar-refractivity contribution in [2.75, 3.05) is 19.8 Å². The van der Waals surface area contributed by atoms with Crippen LogP contribution in [0, 0.1) is 23.2 Å². The Morgan fingerprint density at radius 1 is 0.867 bits per heavy atom. The van der Waals surface area contributed by atoms with E-state index in [0.717, 1.165) is 37.6 Å². The number of hydrogen-bond acceptors (Lipinski definition) is 4. The summed E-state index contributed by atoms with van der Waals surface area (Å²) in [7, 11) is 0. The summed E-state index contributed by atoms with van der Waals surface area (Å²) in [6, 6.07) is 18.3. The molecule has 4 heteroatoms. The molecule has 1 saturated carbocycles. The molecule has 2 aliphatic rings. The van der Waals surface area contributed by atoms with Gasteiger partial charge in [0.15, 0.2) is 6.29 Å². The van der Waals surface area contributed by atoms with Crippen LogP contribution >= 0.6 is 0 Å². The zero-order valence-corrected chi connectivity index (χ0v) is 17.8. The summed E-state index contributed by atoms with van der Waals surface area (Å²) in [6.07, 6.45) is 5.66. The lowest BCUT2D eigenvalue weighted by atomic mass is 9.74. The SMILES string of the molecule is CCCOc1ccc(C2CCC(C3COC(c4ccc(C#N)cc4)OC3)CC2)cc1. The van der Waals surface area contributed by atoms with E-state index in [0.29, 0.717) is 23.3 Å². The summed E-state index contributed by atoms with van der Waals surface area (Å²) in [5.41, 5.74) is 3.09. The van der Waals surface area contributed by atoms with E-state index < -0.39 is 0 Å². The van der Waals surface area contributed by atoms with Gasteiger partial charge >= 0.3 is 0 Å². The molecule has 0 unspecified atom stereocenters. The summed E-state index contributed by atoms with van der Waals surface area (Å²) in [6.45, 7) is 4.41. The minimum Gasteiger partial charge on any atom is -0.494 e. The Labute approximate surface area is 179 Å². The average Bonchev–Trinajstić information content (AvgIpc) is 2.83. The molecule has 2 aromatic rings. The molecule has 30 heavy (non-hydrogen) atoms. The van der Waals surface area contributed by atoms with Crippen molar-refractivity contribution in [3.8, 4) is 11.8 Å². The summed E-state index contributed by atoms with van der Waals surface area (Å²) in [5, 5.41) is 8.93. The van der Waals surface area contributed by atoms with Crippen LogP contribution in [0.1, 0.15) is 67.9 Å². The highest BCUT2D eigenvalue weighted by Crippen LogP contribution is 2.41. The third-order valence-corrected chi connectivity index (χ3v) is 6.50. The molecule has 0 radical (unpaired) electrons. The van der Waals surface area contributed by atoms with Crippen molar-refractivity contribution in [3.05, 3.63) is 65.2 Å². The lowest BCUT2D eigenvalue weighted by Crippen LogP contribution is -2.34. The van der Waals surface area contributed by atoms with Gasteiger partial charge < -0.3 is 14.2 Å². The van der Waals surface area contributed by atoms with Gasteiger partial charge in [0, 0.05) is 11.5 Å². The topological polar surface area (TPSA) is 51.5 Å². The van der Waals surface area contributed by atoms with Crippen molar-refractivity contribution in [1.82, 2.24) is 0 Å². The zero-order chi connectivity index (χ0) is 20.8. The molecule has 4 rings (SSSR count). The van der Waals surface area contributed by atoms with Crippen molar-refractivity contribution in [3.63, 3.8) is 0 Å². The number of nitrogens with zero attached hydrogens (tertiary/aromatic N) is 1. The molecule has 2 aromatic carbocycles. The summed E-state index contributed by atoms with van der Waals surface area (Å²) in [4.78, 5) is 0. The van der Waals surface area contributed by atoms with Crippen LogP contribution in [0.25, 0.3) is 0 Å². The first-order chi connectivity index (χ1) is 14.8. The number of nitriles is 1. The second-order valence-electron chi connectivity index (χ2n) is 8.52. The van der Waals surface area contributed by atoms with Gasteiger partial charge in [0.05, 0.1) is 31.5 Å². The van der Waals surface area contributed by atoms with Crippen LogP contribution in [0.3, 0.4) is 0 Å². The summed E-state index contributed by atoms with van der Waals surface area (Å²) >= 11 is 0. The molecule has 4 nitrogen and oxygen atoms in total. The van der Waals surface area contributed by atoms with Crippen molar-refractivity contribution in [2.24, 2.45) is 11.8 Å². The van der Waals surface area contributed by atoms with Gasteiger partial charge in [-0.3, -0.25) is 0 Å². The van der Waals surface area contributed by atoms with Gasteiger partial charge in [-0.2, -0.15) is 5.26 Å². The van der Waals surface area contributed by atoms with E-state index in [1.54, 1.807) is 0 Å². The fourth-order valence-corrected chi connectivity index (χ4v) is 4.68. The first-order valence-corrected chi connectivity index (χ1v) is 11.2. The molecule has 0 spiro atoms. The average molecular weight is 406 g/mol. The van der Waals surface area contributed by atoms with Crippen molar-refractivity contribution in [2.45, 2.75) is 51.2 Å². The standard InChI is InChI=1S/C26H31NO3/c1-2-15-28-25-13-11-21(12-14-25)20-7-9-22(10-8-20)24-17-29-26(30-18-24)23-5-3-19(16-27)4-6-23/h3-6,11-14,20,22,24,26H,2,7-10,15,17-18H2,1H3. The van der Waals surface area contributed by atoms with E-state index in [-0.39, 0.29) is 6.29 Å². The van der Waals surface area contributed by atoms with Crippen LogP contribution in [0.2, 0.25) is 0 Å². The van der Waals surface area contributed by atoms with Gasteiger partial charge in [-0.15, -0.1) is 0 Å². The van der Waals surface area contributed by atoms with Gasteiger partial charge in [0.1, 0.15) is 5.75 Å². The Morgan fingerprint density at radius 3 is 2.10 bits per heavy atom. The summed E-state index contributed by atoms with van der Waals surface area (Å²) in [5.74, 6) is 2.78. The monoisotopic (exact) mass is 405 g/mol. The first-order valence-electron chi connectivity index (χ1n) is 11.2. The molecule has 1 heterocycles. The largest absolute Gasteiger partial charge is 0.494 e. The molecule has 158 valence electrons. The maximum atomic E-state index is 8.93. The molecule has 0 amide bonds. The van der Waals surface area contributed by atoms with Crippen LogP contribution in [0.5, 0.6) is 5.75 Å². The fraction of sp³-hybridized carbons (Fsp3) is 0.500. The lowest BCUT2D eigenvalue weighted by molar-refractivity contribution is -0.214. The molecule has 1 saturated heterocycles. The van der Waals surface area contributed by atoms with Gasteiger partial charge in [0.2, 0.25) is 0 Å². The Morgan fingerprint density at radius 2 is 1.50 bits per heavy atom. The lowest BCUT2D eigenvalue weighted by Gasteiger charge is -2.38. The van der Waals surface area contributed by atoms with Crippen molar-refractivity contribution in [1.29, 1.82) is 5.26 Å². The smallest absolute Gasteiger partial charge is 0.183 e. The molecule has 2 fully saturated rings. The quantitative estimate of drug-likeness (QED) is 0.593. The second-order valence-corrected chi connectivity index (χ2v) is 8.52. The van der Waals surface area contributed by atoms with E-state index >= 15 is 0 Å². The Hall–Kier alpha value is -2.35. The maximum absolute atomic E-state index is 8.93. The molecule has 0 aromatic heterocycles. The first kappa shape index (κ1) is 20.9. The van der Waals surface area contributed by atoms with E-state index in [9.17, 15) is 0 Å². The van der Waals surface area contributed by atoms with Crippen LogP contribution in [0.4, 0.5) is 0 Å². The van der Waals surface area contributed by atoms with Crippen molar-refractivity contribution >= 4 is 0 Å². The van der Waals surface area contributed by atoms with Crippen LogP contribution < -0.4 is 4.74 Å². The number of rotatable bonds is 6. The third kappa shape index (κ3) is 5.03. The molecule has 1 aliphatic carbocycles. The fourth-order valence-electron chi connectivity index (χ4n) is 4.68. The highest BCUT2D eigenvalue weighted by Gasteiger charge is 2.32. The number of ether oxygens (including phenoxy) is 3. The maximum Gasteiger partial charge on any atom is 0.183 e. The predicted octanol–water partition coefficient (Wildman–Crippen LogP) is 5.98. The van der Waals surface area contributed by atoms with Crippen LogP contribution in [0.15, 0.2) is 48.5 Å². The van der Waals surface area contributed by atoms with E-state index in [2.05, 4.69) is 37.3 Å². The van der Waals surface area contributed by atoms with E-state index in [1.807, 2.05) is 24.3 Å². The minimum atomic E-state index is -0.307. The highest BCUT2D eigenvalue weighted by molar-refractivity contribution is 5.32. The molecule has 0 atom stereocenters. The van der Waals surface area contributed by atoms with Gasteiger partial charge in [-0.1, -0.05) is 31.2 Å². The molecule has 1 aliphatic heterocycles. The normalized spacial score (nSPS) is 26.7. The van der Waals surface area contributed by atoms with Crippen LogP contribution in [-0.2, 0) is 9.47 Å². The zero-order valence-electron chi connectivity index (χ0n) is 17.8. The molecular weight excluding hydrogens is 374 g/mol. The minimum absolute atomic E-state index is 0.307. The van der Waals surface area contributed by atoms with Gasteiger partial charge in [-0.05, 0) is 73.8 Å². The summed E-state index contributed by atoms with van der Waals surface area (Å²) < 4.78 is 17.8. The number of benzene rings is 2. The Kier molecular flexibility index (Phi) is 7.04. The Bertz CT molecular complexity index is 824. The van der Waals surface area contributed by atoms with Gasteiger partial charge in [0.25, 0.3) is 0 Å². The second kappa shape index (κ2) is 10.1. The van der Waals surface area contributed by atoms with E-state index in [1.165, 1.54) is 31.2 Å². The number of hydrogen-bond donors (Lipinski definition) is 0. The Balaban J connectivity index is 1.24. The van der Waals surface area contributed by atoms with Gasteiger partial charge in [-0.25, -0.2) is 0 Å². The third-order valence-electron chi connectivity index (χ3n) is 6.50. The van der Waals surface area contributed by atoms with Crippen molar-refractivity contribution < 1.29 is 14.2 Å². The predicted molar refractivity (Wildman–Crippen MR) is 116 cm³/mol. The molecular formula is C26H31NO3. The van der Waals surface area contributed by atoms with Crippen LogP contribution in [-0.4, -0.2) is 19.8 Å². The molecule has 0 bridgehead atoms. The van der Waals surface area contributed by atoms with E-state index in [4.69, 9.17) is 19.5 Å². The molecule has 0 N–H and O–H groups in total. The highest BCUT2D eigenvalue weighted by atomic mass is 16.7.